The fraction of sp³-hybridized carbons (Fsp3) is 0.286. The summed E-state index contributed by atoms with van der Waals surface area (Å²) in [5.74, 6) is 0. The molecule has 0 aromatic heterocycles. The van der Waals surface area contributed by atoms with Crippen molar-refractivity contribution in [1.82, 2.24) is 0 Å². The van der Waals surface area contributed by atoms with Crippen LogP contribution in [0.4, 0.5) is 0 Å². The molecule has 2 aromatic rings. The van der Waals surface area contributed by atoms with Gasteiger partial charge in [-0.05, 0) is 23.8 Å². The molecule has 112 valence electrons. The Bertz CT molecular complexity index is 666. The lowest BCUT2D eigenvalue weighted by molar-refractivity contribution is -0.520. The number of nitrogens with zero attached hydrogens (tertiary/aromatic N) is 1. The van der Waals surface area contributed by atoms with E-state index in [2.05, 4.69) is 78.2 Å². The van der Waals surface area contributed by atoms with E-state index < -0.39 is 0 Å². The van der Waals surface area contributed by atoms with Crippen molar-refractivity contribution >= 4 is 11.8 Å². The largest absolute Gasteiger partial charge is 0.229 e. The summed E-state index contributed by atoms with van der Waals surface area (Å²) in [5.41, 5.74) is 5.54. The van der Waals surface area contributed by atoms with E-state index in [0.29, 0.717) is 0 Å². The molecule has 0 spiro atoms. The summed E-state index contributed by atoms with van der Waals surface area (Å²) in [6.07, 6.45) is 6.00. The zero-order valence-corrected chi connectivity index (χ0v) is 13.3. The van der Waals surface area contributed by atoms with Crippen LogP contribution in [0.1, 0.15) is 37.3 Å². The summed E-state index contributed by atoms with van der Waals surface area (Å²) in [5, 5.41) is 0. The van der Waals surface area contributed by atoms with E-state index in [0.717, 1.165) is 19.5 Å². The number of rotatable bonds is 5. The number of unbranched alkanes of at least 4 members (excludes halogenated alkanes) is 1. The molecule has 0 bridgehead atoms. The summed E-state index contributed by atoms with van der Waals surface area (Å²) in [4.78, 5) is 0. The van der Waals surface area contributed by atoms with E-state index >= 15 is 0 Å². The standard InChI is InChI=1S/C21H24N/c1-2-3-15-22-16-14-20(17-18-10-6-4-7-11-18)21(22)19-12-8-5-9-13-19/h4-13,17H,2-3,14-16H2,1H3/q+1/b20-17+. The molecule has 1 nitrogen and oxygen atoms in total. The lowest BCUT2D eigenvalue weighted by Crippen LogP contribution is -2.18. The van der Waals surface area contributed by atoms with Gasteiger partial charge in [-0.1, -0.05) is 61.9 Å². The van der Waals surface area contributed by atoms with Gasteiger partial charge in [0.05, 0.1) is 0 Å². The fourth-order valence-electron chi connectivity index (χ4n) is 3.12. The van der Waals surface area contributed by atoms with E-state index in [9.17, 15) is 0 Å². The first-order valence-electron chi connectivity index (χ1n) is 8.32. The summed E-state index contributed by atoms with van der Waals surface area (Å²) in [7, 11) is 0. The number of hydrogen-bond acceptors (Lipinski definition) is 0. The molecule has 0 saturated heterocycles. The Morgan fingerprint density at radius 3 is 2.32 bits per heavy atom. The Kier molecular flexibility index (Phi) is 4.85. The Morgan fingerprint density at radius 1 is 0.955 bits per heavy atom. The lowest BCUT2D eigenvalue weighted by atomic mass is 10.00. The zero-order valence-electron chi connectivity index (χ0n) is 13.3. The van der Waals surface area contributed by atoms with Crippen LogP contribution in [0, 0.1) is 0 Å². The maximum Gasteiger partial charge on any atom is 0.210 e. The van der Waals surface area contributed by atoms with Gasteiger partial charge in [0.25, 0.3) is 0 Å². The lowest BCUT2D eigenvalue weighted by Gasteiger charge is -2.04. The third-order valence-electron chi connectivity index (χ3n) is 4.24. The second kappa shape index (κ2) is 7.22. The fourth-order valence-corrected chi connectivity index (χ4v) is 3.12. The highest BCUT2D eigenvalue weighted by atomic mass is 15.0. The van der Waals surface area contributed by atoms with Crippen molar-refractivity contribution in [2.45, 2.75) is 26.2 Å². The molecule has 3 rings (SSSR count). The minimum absolute atomic E-state index is 1.14. The van der Waals surface area contributed by atoms with Crippen LogP contribution in [-0.4, -0.2) is 23.4 Å². The maximum atomic E-state index is 2.56. The molecule has 1 aliphatic rings. The second-order valence-electron chi connectivity index (χ2n) is 5.89. The molecule has 2 aromatic carbocycles. The third kappa shape index (κ3) is 3.36. The average Bonchev–Trinajstić information content (AvgIpc) is 2.97. The Hall–Kier alpha value is -2.15. The van der Waals surface area contributed by atoms with Gasteiger partial charge in [0, 0.05) is 24.0 Å². The number of hydrogen-bond donors (Lipinski definition) is 0. The summed E-state index contributed by atoms with van der Waals surface area (Å²) >= 11 is 0. The molecule has 1 aliphatic heterocycles. The van der Waals surface area contributed by atoms with Crippen LogP contribution in [0.5, 0.6) is 0 Å². The van der Waals surface area contributed by atoms with Crippen molar-refractivity contribution in [3.63, 3.8) is 0 Å². The topological polar surface area (TPSA) is 3.01 Å². The molecule has 22 heavy (non-hydrogen) atoms. The Balaban J connectivity index is 2.00. The Labute approximate surface area is 133 Å². The summed E-state index contributed by atoms with van der Waals surface area (Å²) < 4.78 is 2.56. The smallest absolute Gasteiger partial charge is 0.210 e. The van der Waals surface area contributed by atoms with Crippen molar-refractivity contribution in [1.29, 1.82) is 0 Å². The molecule has 0 saturated carbocycles. The first kappa shape index (κ1) is 14.8. The van der Waals surface area contributed by atoms with Gasteiger partial charge in [-0.3, -0.25) is 0 Å². The molecule has 0 aliphatic carbocycles. The van der Waals surface area contributed by atoms with Gasteiger partial charge < -0.3 is 0 Å². The SMILES string of the molecule is CCCC[N+]1=C(c2ccccc2)/C(=C/c2ccccc2)CC1. The molecular weight excluding hydrogens is 266 g/mol. The molecule has 0 radical (unpaired) electrons. The van der Waals surface area contributed by atoms with E-state index in [1.54, 1.807) is 0 Å². The van der Waals surface area contributed by atoms with Crippen LogP contribution < -0.4 is 0 Å². The van der Waals surface area contributed by atoms with Crippen LogP contribution in [0.25, 0.3) is 6.08 Å². The minimum atomic E-state index is 1.14. The molecule has 1 heteroatoms. The molecule has 0 fully saturated rings. The average molecular weight is 290 g/mol. The van der Waals surface area contributed by atoms with Gasteiger partial charge in [-0.15, -0.1) is 0 Å². The monoisotopic (exact) mass is 290 g/mol. The van der Waals surface area contributed by atoms with E-state index in [1.807, 2.05) is 0 Å². The maximum absolute atomic E-state index is 2.56. The highest BCUT2D eigenvalue weighted by Crippen LogP contribution is 2.22. The Morgan fingerprint density at radius 2 is 1.64 bits per heavy atom. The molecule has 0 atom stereocenters. The second-order valence-corrected chi connectivity index (χ2v) is 5.89. The summed E-state index contributed by atoms with van der Waals surface area (Å²) in [6, 6.07) is 21.5. The molecule has 1 heterocycles. The quantitative estimate of drug-likeness (QED) is 0.697. The van der Waals surface area contributed by atoms with Gasteiger partial charge in [-0.25, -0.2) is 4.58 Å². The first-order chi connectivity index (χ1) is 10.9. The van der Waals surface area contributed by atoms with Crippen molar-refractivity contribution in [2.24, 2.45) is 0 Å². The molecular formula is C21H24N+. The molecule has 0 N–H and O–H groups in total. The van der Waals surface area contributed by atoms with Crippen LogP contribution in [0.2, 0.25) is 0 Å². The predicted octanol–water partition coefficient (Wildman–Crippen LogP) is 4.78. The van der Waals surface area contributed by atoms with Crippen LogP contribution in [0.15, 0.2) is 66.2 Å². The van der Waals surface area contributed by atoms with Gasteiger partial charge >= 0.3 is 0 Å². The normalized spacial score (nSPS) is 16.5. The highest BCUT2D eigenvalue weighted by Gasteiger charge is 2.28. The van der Waals surface area contributed by atoms with Crippen molar-refractivity contribution < 1.29 is 4.58 Å². The van der Waals surface area contributed by atoms with Gasteiger partial charge in [-0.2, -0.15) is 0 Å². The van der Waals surface area contributed by atoms with Crippen molar-refractivity contribution in [2.75, 3.05) is 13.1 Å². The zero-order chi connectivity index (χ0) is 15.2. The van der Waals surface area contributed by atoms with E-state index in [1.165, 1.54) is 35.3 Å². The third-order valence-corrected chi connectivity index (χ3v) is 4.24. The van der Waals surface area contributed by atoms with Gasteiger partial charge in [0.15, 0.2) is 0 Å². The van der Waals surface area contributed by atoms with E-state index in [4.69, 9.17) is 0 Å². The van der Waals surface area contributed by atoms with Gasteiger partial charge in [0.1, 0.15) is 13.1 Å². The predicted molar refractivity (Wildman–Crippen MR) is 94.5 cm³/mol. The minimum Gasteiger partial charge on any atom is -0.229 e. The highest BCUT2D eigenvalue weighted by molar-refractivity contribution is 6.12. The number of benzene rings is 2. The molecule has 0 amide bonds. The van der Waals surface area contributed by atoms with Crippen molar-refractivity contribution in [3.05, 3.63) is 77.4 Å². The van der Waals surface area contributed by atoms with Crippen LogP contribution in [-0.2, 0) is 0 Å². The molecule has 0 unspecified atom stereocenters. The summed E-state index contributed by atoms with van der Waals surface area (Å²) in [6.45, 7) is 4.56. The van der Waals surface area contributed by atoms with Crippen molar-refractivity contribution in [3.8, 4) is 0 Å². The van der Waals surface area contributed by atoms with Gasteiger partial charge in [0.2, 0.25) is 5.71 Å². The van der Waals surface area contributed by atoms with Crippen LogP contribution >= 0.6 is 0 Å². The van der Waals surface area contributed by atoms with Crippen LogP contribution in [0.3, 0.4) is 0 Å². The van der Waals surface area contributed by atoms with E-state index in [-0.39, 0.29) is 0 Å². The first-order valence-corrected chi connectivity index (χ1v) is 8.32.